The number of carbonyl (C=O) groups excluding carboxylic acids is 2. The first kappa shape index (κ1) is 19.8. The average molecular weight is 390 g/mol. The van der Waals surface area contributed by atoms with Gasteiger partial charge < -0.3 is 24.2 Å². The molecule has 1 aromatic carbocycles. The van der Waals surface area contributed by atoms with Gasteiger partial charge in [-0.1, -0.05) is 0 Å². The van der Waals surface area contributed by atoms with Crippen LogP contribution in [0.2, 0.25) is 0 Å². The Morgan fingerprint density at radius 1 is 1.29 bits per heavy atom. The Morgan fingerprint density at radius 2 is 2.11 bits per heavy atom. The first-order valence-corrected chi connectivity index (χ1v) is 9.19. The van der Waals surface area contributed by atoms with E-state index in [-0.39, 0.29) is 30.1 Å². The molecule has 0 amide bonds. The number of ether oxygens (including phenoxy) is 4. The van der Waals surface area contributed by atoms with Gasteiger partial charge in [-0.15, -0.1) is 0 Å². The van der Waals surface area contributed by atoms with E-state index in [4.69, 9.17) is 18.9 Å². The van der Waals surface area contributed by atoms with Crippen molar-refractivity contribution >= 4 is 23.0 Å². The van der Waals surface area contributed by atoms with Gasteiger partial charge in [-0.2, -0.15) is 4.73 Å². The summed E-state index contributed by atoms with van der Waals surface area (Å²) in [5, 5.41) is 12.9. The van der Waals surface area contributed by atoms with E-state index in [9.17, 15) is 14.8 Å². The number of esters is 2. The Morgan fingerprint density at radius 3 is 2.79 bits per heavy atom. The third kappa shape index (κ3) is 4.14. The van der Waals surface area contributed by atoms with Gasteiger partial charge in [-0.3, -0.25) is 0 Å². The highest BCUT2D eigenvalue weighted by atomic mass is 16.6. The average Bonchev–Trinajstić information content (AvgIpc) is 3.22. The molecule has 1 atom stereocenters. The maximum Gasteiger partial charge on any atom is 0.407 e. The van der Waals surface area contributed by atoms with E-state index in [0.717, 1.165) is 6.42 Å². The second-order valence-electron chi connectivity index (χ2n) is 6.11. The normalized spacial score (nSPS) is 16.1. The Kier molecular flexibility index (Phi) is 6.25. The van der Waals surface area contributed by atoms with Crippen molar-refractivity contribution in [3.05, 3.63) is 34.8 Å². The van der Waals surface area contributed by atoms with Crippen LogP contribution in [0.3, 0.4) is 0 Å². The minimum Gasteiger partial charge on any atom is -0.618 e. The number of carbonyl (C=O) groups is 2. The summed E-state index contributed by atoms with van der Waals surface area (Å²) in [4.78, 5) is 28.8. The van der Waals surface area contributed by atoms with Crippen LogP contribution in [0.1, 0.15) is 42.9 Å². The highest BCUT2D eigenvalue weighted by molar-refractivity contribution is 5.88. The first-order chi connectivity index (χ1) is 13.5. The molecule has 3 rings (SSSR count). The van der Waals surface area contributed by atoms with Crippen LogP contribution in [-0.4, -0.2) is 42.8 Å². The third-order valence-electron chi connectivity index (χ3n) is 4.22. The van der Waals surface area contributed by atoms with Crippen LogP contribution >= 0.6 is 0 Å². The maximum absolute atomic E-state index is 12.9. The lowest BCUT2D eigenvalue weighted by Crippen LogP contribution is -2.39. The van der Waals surface area contributed by atoms with Gasteiger partial charge in [0.25, 0.3) is 0 Å². The van der Waals surface area contributed by atoms with Crippen molar-refractivity contribution in [2.24, 2.45) is 0 Å². The Bertz CT molecular complexity index is 878. The Hall–Kier alpha value is -2.94. The molecule has 0 saturated carbocycles. The topological polar surface area (TPSA) is 111 Å². The highest BCUT2D eigenvalue weighted by Crippen LogP contribution is 2.20. The van der Waals surface area contributed by atoms with Gasteiger partial charge in [0.15, 0.2) is 11.8 Å². The van der Waals surface area contributed by atoms with E-state index < -0.39 is 18.0 Å². The molecule has 9 heteroatoms. The molecule has 2 aromatic rings. The number of hydrogen-bond donors (Lipinski definition) is 0. The lowest BCUT2D eigenvalue weighted by atomic mass is 10.2. The fourth-order valence-electron chi connectivity index (χ4n) is 2.95. The molecule has 1 saturated heterocycles. The molecule has 0 spiro atoms. The molecule has 28 heavy (non-hydrogen) atoms. The zero-order valence-electron chi connectivity index (χ0n) is 15.8. The number of aromatic nitrogens is 2. The van der Waals surface area contributed by atoms with Gasteiger partial charge in [0.2, 0.25) is 5.52 Å². The van der Waals surface area contributed by atoms with Crippen LogP contribution in [0.25, 0.3) is 11.0 Å². The summed E-state index contributed by atoms with van der Waals surface area (Å²) in [6.45, 7) is 4.14. The van der Waals surface area contributed by atoms with Gasteiger partial charge in [-0.05, 0) is 38.8 Å². The van der Waals surface area contributed by atoms with Crippen molar-refractivity contribution in [3.63, 3.8) is 0 Å². The van der Waals surface area contributed by atoms with Gasteiger partial charge in [0, 0.05) is 6.61 Å². The lowest BCUT2D eigenvalue weighted by molar-refractivity contribution is -0.581. The van der Waals surface area contributed by atoms with Gasteiger partial charge in [0.1, 0.15) is 17.9 Å². The van der Waals surface area contributed by atoms with Crippen LogP contribution in [0.15, 0.2) is 18.2 Å². The molecule has 1 aliphatic heterocycles. The maximum atomic E-state index is 12.9. The summed E-state index contributed by atoms with van der Waals surface area (Å²) in [5.41, 5.74) is 0.206. The summed E-state index contributed by atoms with van der Waals surface area (Å²) >= 11 is 0. The van der Waals surface area contributed by atoms with Crippen LogP contribution in [-0.2, 0) is 25.6 Å². The van der Waals surface area contributed by atoms with Crippen molar-refractivity contribution < 1.29 is 33.3 Å². The van der Waals surface area contributed by atoms with E-state index >= 15 is 0 Å². The molecule has 1 fully saturated rings. The molecule has 150 valence electrons. The fraction of sp³-hybridized carbons (Fsp3) is 0.474. The van der Waals surface area contributed by atoms with E-state index in [1.165, 1.54) is 6.07 Å². The molecule has 0 aliphatic carbocycles. The molecule has 1 aromatic heterocycles. The van der Waals surface area contributed by atoms with Crippen LogP contribution in [0, 0.1) is 5.21 Å². The van der Waals surface area contributed by atoms with E-state index in [1.807, 2.05) is 6.92 Å². The summed E-state index contributed by atoms with van der Waals surface area (Å²) in [7, 11) is 0. The highest BCUT2D eigenvalue weighted by Gasteiger charge is 2.30. The van der Waals surface area contributed by atoms with Crippen LogP contribution in [0.5, 0.6) is 5.75 Å². The monoisotopic (exact) mass is 390 g/mol. The largest absolute Gasteiger partial charge is 0.618 e. The number of nitrogens with zero attached hydrogens (tertiary/aromatic N) is 2. The minimum atomic E-state index is -0.836. The first-order valence-electron chi connectivity index (χ1n) is 9.19. The third-order valence-corrected chi connectivity index (χ3v) is 4.22. The SMILES string of the molecule is CCOC(=O)c1c(COC(=O)C2CCCO2)nc2ccc(OCC)cc2[n+]1[O-]. The number of hydrogen-bond acceptors (Lipinski definition) is 8. The fourth-order valence-corrected chi connectivity index (χ4v) is 2.95. The molecule has 2 heterocycles. The quantitative estimate of drug-likeness (QED) is 0.399. The number of fused-ring (bicyclic) bond motifs is 1. The molecule has 0 N–H and O–H groups in total. The second-order valence-corrected chi connectivity index (χ2v) is 6.11. The predicted octanol–water partition coefficient (Wildman–Crippen LogP) is 1.67. The lowest BCUT2D eigenvalue weighted by Gasteiger charge is -2.13. The van der Waals surface area contributed by atoms with Crippen molar-refractivity contribution in [3.8, 4) is 5.75 Å². The smallest absolute Gasteiger partial charge is 0.407 e. The number of benzene rings is 1. The van der Waals surface area contributed by atoms with Crippen LogP contribution < -0.4 is 9.47 Å². The van der Waals surface area contributed by atoms with Gasteiger partial charge in [-0.25, -0.2) is 14.6 Å². The standard InChI is InChI=1S/C19H22N2O7/c1-3-25-12-7-8-13-15(10-12)21(24)17(19(23)26-4-2)14(20-13)11-28-18(22)16-6-5-9-27-16/h7-8,10,16H,3-6,9,11H2,1-2H3. The van der Waals surface area contributed by atoms with Crippen molar-refractivity contribution in [1.29, 1.82) is 0 Å². The van der Waals surface area contributed by atoms with E-state index in [1.54, 1.807) is 19.1 Å². The Labute approximate surface area is 161 Å². The molecule has 0 bridgehead atoms. The minimum absolute atomic E-state index is 0.0245. The zero-order chi connectivity index (χ0) is 20.1. The van der Waals surface area contributed by atoms with Crippen molar-refractivity contribution in [1.82, 2.24) is 4.98 Å². The Balaban J connectivity index is 1.96. The molecule has 9 nitrogen and oxygen atoms in total. The summed E-state index contributed by atoms with van der Waals surface area (Å²) < 4.78 is 21.4. The van der Waals surface area contributed by atoms with Crippen LogP contribution in [0.4, 0.5) is 0 Å². The van der Waals surface area contributed by atoms with Gasteiger partial charge >= 0.3 is 17.6 Å². The zero-order valence-corrected chi connectivity index (χ0v) is 15.8. The molecule has 1 unspecified atom stereocenters. The van der Waals surface area contributed by atoms with Crippen molar-refractivity contribution in [2.75, 3.05) is 19.8 Å². The van der Waals surface area contributed by atoms with E-state index in [0.29, 0.717) is 35.6 Å². The summed E-state index contributed by atoms with van der Waals surface area (Å²) in [6, 6.07) is 4.78. The molecular weight excluding hydrogens is 368 g/mol. The second kappa shape index (κ2) is 8.83. The van der Waals surface area contributed by atoms with Gasteiger partial charge in [0.05, 0.1) is 19.3 Å². The molecular formula is C19H22N2O7. The predicted molar refractivity (Wildman–Crippen MR) is 96.6 cm³/mol. The molecule has 0 radical (unpaired) electrons. The van der Waals surface area contributed by atoms with E-state index in [2.05, 4.69) is 4.98 Å². The summed E-state index contributed by atoms with van der Waals surface area (Å²) in [6.07, 6.45) is 0.737. The summed E-state index contributed by atoms with van der Waals surface area (Å²) in [5.74, 6) is -0.899. The molecule has 1 aliphatic rings. The number of rotatable bonds is 7. The van der Waals surface area contributed by atoms with Crippen molar-refractivity contribution in [2.45, 2.75) is 39.4 Å².